The van der Waals surface area contributed by atoms with Crippen LogP contribution in [0.5, 0.6) is 0 Å². The summed E-state index contributed by atoms with van der Waals surface area (Å²) in [4.78, 5) is 34.8. The summed E-state index contributed by atoms with van der Waals surface area (Å²) >= 11 is 0. The van der Waals surface area contributed by atoms with E-state index in [0.29, 0.717) is 19.3 Å². The molecule has 0 aromatic carbocycles. The highest BCUT2D eigenvalue weighted by molar-refractivity contribution is 7.47. The second kappa shape index (κ2) is 34.6. The van der Waals surface area contributed by atoms with Gasteiger partial charge < -0.3 is 29.7 Å². The fraction of sp³-hybridized carbons (Fsp3) is 0.750. The zero-order valence-corrected chi connectivity index (χ0v) is 33.2. The number of carbonyl (C=O) groups excluding carboxylic acids is 2. The van der Waals surface area contributed by atoms with Gasteiger partial charge in [0.1, 0.15) is 12.7 Å². The Morgan fingerprint density at radius 1 is 0.673 bits per heavy atom. The Morgan fingerprint density at radius 2 is 1.23 bits per heavy atom. The lowest BCUT2D eigenvalue weighted by Crippen LogP contribution is -2.29. The van der Waals surface area contributed by atoms with E-state index < -0.39 is 51.8 Å². The summed E-state index contributed by atoms with van der Waals surface area (Å²) in [6.07, 6.45) is 30.1. The number of carbonyl (C=O) groups is 2. The molecule has 52 heavy (non-hydrogen) atoms. The molecule has 0 spiro atoms. The van der Waals surface area contributed by atoms with Crippen molar-refractivity contribution in [3.8, 4) is 0 Å². The van der Waals surface area contributed by atoms with Crippen LogP contribution in [-0.2, 0) is 32.7 Å². The zero-order valence-electron chi connectivity index (χ0n) is 32.3. The molecule has 0 bridgehead atoms. The average Bonchev–Trinajstić information content (AvgIpc) is 3.11. The lowest BCUT2D eigenvalue weighted by molar-refractivity contribution is -0.161. The van der Waals surface area contributed by atoms with Crippen LogP contribution in [0.1, 0.15) is 143 Å². The molecular weight excluding hydrogens is 687 g/mol. The lowest BCUT2D eigenvalue weighted by atomic mass is 10.0. The Bertz CT molecular complexity index is 1040. The molecule has 1 unspecified atom stereocenters. The van der Waals surface area contributed by atoms with Crippen molar-refractivity contribution in [2.75, 3.05) is 26.4 Å². The molecule has 0 radical (unpaired) electrons. The summed E-state index contributed by atoms with van der Waals surface area (Å²) in [6.45, 7) is 4.39. The van der Waals surface area contributed by atoms with Gasteiger partial charge in [-0.25, -0.2) is 4.57 Å². The number of rotatable bonds is 35. The first-order chi connectivity index (χ1) is 25.0. The Balaban J connectivity index is 4.50. The number of phosphoric ester groups is 1. The van der Waals surface area contributed by atoms with E-state index in [-0.39, 0.29) is 25.6 Å². The molecule has 12 heteroatoms. The minimum atomic E-state index is -4.64. The molecule has 0 saturated heterocycles. The topological polar surface area (TPSA) is 169 Å². The number of unbranched alkanes of at least 4 members (excludes halogenated alkanes) is 9. The molecule has 0 rings (SSSR count). The number of allylic oxidation sites excluding steroid dienone is 7. The van der Waals surface area contributed by atoms with Crippen LogP contribution in [0.3, 0.4) is 0 Å². The predicted octanol–water partition coefficient (Wildman–Crippen LogP) is 8.60. The van der Waals surface area contributed by atoms with Crippen molar-refractivity contribution in [2.24, 2.45) is 5.92 Å². The zero-order chi connectivity index (χ0) is 38.7. The van der Waals surface area contributed by atoms with E-state index in [1.54, 1.807) is 0 Å². The van der Waals surface area contributed by atoms with Crippen molar-refractivity contribution >= 4 is 19.8 Å². The van der Waals surface area contributed by atoms with Gasteiger partial charge in [0.05, 0.1) is 25.9 Å². The van der Waals surface area contributed by atoms with Gasteiger partial charge >= 0.3 is 19.8 Å². The third-order valence-electron chi connectivity index (χ3n) is 7.98. The van der Waals surface area contributed by atoms with Crippen molar-refractivity contribution in [1.82, 2.24) is 0 Å². The second-order valence-corrected chi connectivity index (χ2v) is 15.1. The average molecular weight is 759 g/mol. The molecule has 0 fully saturated rings. The van der Waals surface area contributed by atoms with Gasteiger partial charge in [0.2, 0.25) is 0 Å². The first kappa shape index (κ1) is 49.9. The molecule has 11 nitrogen and oxygen atoms in total. The van der Waals surface area contributed by atoms with Gasteiger partial charge in [-0.3, -0.25) is 18.6 Å². The van der Waals surface area contributed by atoms with Gasteiger partial charge in [0.25, 0.3) is 0 Å². The van der Waals surface area contributed by atoms with Crippen LogP contribution in [0.15, 0.2) is 48.6 Å². The van der Waals surface area contributed by atoms with Crippen molar-refractivity contribution in [1.29, 1.82) is 0 Å². The Kier molecular flexibility index (Phi) is 33.2. The number of aliphatic hydroxyl groups is 3. The third-order valence-corrected chi connectivity index (χ3v) is 8.94. The van der Waals surface area contributed by atoms with Gasteiger partial charge in [-0.1, -0.05) is 134 Å². The van der Waals surface area contributed by atoms with Crippen LogP contribution in [0.25, 0.3) is 0 Å². The number of hydrogen-bond acceptors (Lipinski definition) is 10. The van der Waals surface area contributed by atoms with Crippen molar-refractivity contribution in [3.05, 3.63) is 48.6 Å². The maximum Gasteiger partial charge on any atom is 0.472 e. The molecule has 0 heterocycles. The first-order valence-corrected chi connectivity index (χ1v) is 21.0. The highest BCUT2D eigenvalue weighted by atomic mass is 31.2. The Hall–Kier alpha value is -2.11. The molecule has 0 aliphatic rings. The maximum atomic E-state index is 12.5. The van der Waals surface area contributed by atoms with Gasteiger partial charge in [0.15, 0.2) is 6.10 Å². The van der Waals surface area contributed by atoms with Crippen LogP contribution in [0.2, 0.25) is 0 Å². The molecule has 4 N–H and O–H groups in total. The van der Waals surface area contributed by atoms with Crippen LogP contribution in [0.4, 0.5) is 0 Å². The van der Waals surface area contributed by atoms with Gasteiger partial charge in [-0.2, -0.15) is 0 Å². The quantitative estimate of drug-likeness (QED) is 0.0211. The lowest BCUT2D eigenvalue weighted by Gasteiger charge is -2.20. The van der Waals surface area contributed by atoms with E-state index in [2.05, 4.69) is 49.6 Å². The van der Waals surface area contributed by atoms with Crippen molar-refractivity contribution in [3.63, 3.8) is 0 Å². The molecule has 0 aliphatic heterocycles. The molecule has 0 saturated carbocycles. The Morgan fingerprint density at radius 3 is 1.85 bits per heavy atom. The van der Waals surface area contributed by atoms with E-state index in [4.69, 9.17) is 19.1 Å². The fourth-order valence-corrected chi connectivity index (χ4v) is 5.68. The van der Waals surface area contributed by atoms with E-state index in [1.165, 1.54) is 32.1 Å². The number of hydrogen-bond donors (Lipinski definition) is 4. The summed E-state index contributed by atoms with van der Waals surface area (Å²) in [5.74, 6) is -0.265. The van der Waals surface area contributed by atoms with Gasteiger partial charge in [-0.05, 0) is 50.9 Å². The summed E-state index contributed by atoms with van der Waals surface area (Å²) in [6, 6.07) is 0. The van der Waals surface area contributed by atoms with Crippen LogP contribution in [-0.4, -0.2) is 76.9 Å². The summed E-state index contributed by atoms with van der Waals surface area (Å²) in [5, 5.41) is 28.1. The predicted molar refractivity (Wildman–Crippen MR) is 206 cm³/mol. The number of phosphoric acid groups is 1. The van der Waals surface area contributed by atoms with Gasteiger partial charge in [-0.15, -0.1) is 0 Å². The number of aliphatic hydroxyl groups excluding tert-OH is 3. The van der Waals surface area contributed by atoms with Gasteiger partial charge in [0, 0.05) is 12.8 Å². The van der Waals surface area contributed by atoms with Crippen molar-refractivity contribution in [2.45, 2.75) is 161 Å². The van der Waals surface area contributed by atoms with Crippen LogP contribution < -0.4 is 0 Å². The van der Waals surface area contributed by atoms with E-state index in [0.717, 1.165) is 63.7 Å². The van der Waals surface area contributed by atoms with E-state index in [9.17, 15) is 29.3 Å². The fourth-order valence-electron chi connectivity index (χ4n) is 4.89. The summed E-state index contributed by atoms with van der Waals surface area (Å²) in [5.41, 5.74) is 0. The Labute approximate surface area is 314 Å². The van der Waals surface area contributed by atoms with Crippen molar-refractivity contribution < 1.29 is 52.9 Å². The largest absolute Gasteiger partial charge is 0.472 e. The molecule has 0 amide bonds. The number of esters is 2. The first-order valence-electron chi connectivity index (χ1n) is 19.5. The number of ether oxygens (including phenoxy) is 2. The maximum absolute atomic E-state index is 12.5. The highest BCUT2D eigenvalue weighted by Crippen LogP contribution is 2.43. The SMILES string of the molecule is CCCC[C@@H](O)/C=C\C/C=C\C/C=C\C/C=C\CCCC(=O)O[C@H](COC(=O)CCCCCCCCCCC(C)C)COP(=O)(O)OC[C@@H](O)CO. The molecule has 0 aromatic heterocycles. The molecular formula is C40H71O11P. The monoisotopic (exact) mass is 758 g/mol. The minimum Gasteiger partial charge on any atom is -0.462 e. The minimum absolute atomic E-state index is 0.0905. The van der Waals surface area contributed by atoms with Crippen LogP contribution >= 0.6 is 7.82 Å². The van der Waals surface area contributed by atoms with E-state index in [1.807, 2.05) is 24.3 Å². The molecule has 0 aromatic rings. The normalized spacial score (nSPS) is 15.2. The second-order valence-electron chi connectivity index (χ2n) is 13.6. The van der Waals surface area contributed by atoms with Crippen LogP contribution in [0, 0.1) is 5.92 Å². The summed E-state index contributed by atoms with van der Waals surface area (Å²) < 4.78 is 32.5. The highest BCUT2D eigenvalue weighted by Gasteiger charge is 2.27. The van der Waals surface area contributed by atoms with E-state index >= 15 is 0 Å². The smallest absolute Gasteiger partial charge is 0.462 e. The third kappa shape index (κ3) is 34.9. The molecule has 4 atom stereocenters. The molecule has 302 valence electrons. The summed E-state index contributed by atoms with van der Waals surface area (Å²) in [7, 11) is -4.64. The molecule has 0 aliphatic carbocycles. The standard InChI is InChI=1S/C40H71O11P/c1-4-5-27-36(42)28-23-19-15-10-8-6-7-9-11-17-21-25-30-40(45)51-38(34-50-52(46,47)49-32-37(43)31-41)33-48-39(44)29-24-20-16-13-12-14-18-22-26-35(2)3/h6-7,10-11,15,17,23,28,35-38,41-43H,4-5,8-9,12-14,16,18-22,24-27,29-34H2,1-3H3,(H,46,47)/b7-6-,15-10-,17-11-,28-23-/t36-,37+,38-/m1/s1.